The summed E-state index contributed by atoms with van der Waals surface area (Å²) in [5.74, 6) is -1.82. The third kappa shape index (κ3) is 7.94. The topological polar surface area (TPSA) is 156 Å². The molecule has 4 aromatic carbocycles. The molecule has 228 valence electrons. The highest BCUT2D eigenvalue weighted by Gasteiger charge is 2.40. The first kappa shape index (κ1) is 31.9. The van der Waals surface area contributed by atoms with E-state index in [2.05, 4.69) is 26.6 Å². The van der Waals surface area contributed by atoms with Gasteiger partial charge in [-0.05, 0) is 84.4 Å². The molecule has 0 saturated carbocycles. The summed E-state index contributed by atoms with van der Waals surface area (Å²) < 4.78 is 23.9. The summed E-state index contributed by atoms with van der Waals surface area (Å²) in [4.78, 5) is 53.6. The molecule has 13 heteroatoms. The largest absolute Gasteiger partial charge is 0.321 e. The maximum Gasteiger partial charge on any atom is 0.272 e. The van der Waals surface area contributed by atoms with E-state index in [0.29, 0.717) is 21.7 Å². The van der Waals surface area contributed by atoms with Crippen LogP contribution in [0.1, 0.15) is 22.3 Å². The zero-order valence-electron chi connectivity index (χ0n) is 23.3. The molecule has 4 aromatic rings. The molecule has 0 radical (unpaired) electrons. The molecule has 0 bridgehead atoms. The maximum absolute atomic E-state index is 13.3. The zero-order chi connectivity index (χ0) is 32.1. The van der Waals surface area contributed by atoms with Crippen LogP contribution in [0.2, 0.25) is 0 Å². The van der Waals surface area contributed by atoms with Crippen molar-refractivity contribution in [2.45, 2.75) is 21.5 Å². The summed E-state index contributed by atoms with van der Waals surface area (Å²) in [6.45, 7) is 0. The Kier molecular flexibility index (Phi) is 9.63. The minimum Gasteiger partial charge on any atom is -0.321 e. The minimum absolute atomic E-state index is 0.0349. The van der Waals surface area contributed by atoms with E-state index in [0.717, 1.165) is 9.37 Å². The van der Waals surface area contributed by atoms with Crippen LogP contribution >= 0.6 is 27.7 Å². The molecular formula is C32H25BrN4O6S2. The molecule has 0 aliphatic carbocycles. The van der Waals surface area contributed by atoms with Crippen molar-refractivity contribution in [3.63, 3.8) is 0 Å². The highest BCUT2D eigenvalue weighted by atomic mass is 79.9. The summed E-state index contributed by atoms with van der Waals surface area (Å²) in [6.07, 6.45) is 1.53. The summed E-state index contributed by atoms with van der Waals surface area (Å²) in [6, 6.07) is 27.7. The number of sulfonamides is 1. The molecule has 1 saturated heterocycles. The molecule has 4 N–H and O–H groups in total. The van der Waals surface area contributed by atoms with E-state index in [1.807, 2.05) is 18.2 Å². The number of thioether (sulfide) groups is 1. The van der Waals surface area contributed by atoms with Gasteiger partial charge < -0.3 is 10.6 Å². The van der Waals surface area contributed by atoms with Crippen LogP contribution in [0.5, 0.6) is 0 Å². The van der Waals surface area contributed by atoms with Gasteiger partial charge in [0, 0.05) is 27.0 Å². The van der Waals surface area contributed by atoms with Gasteiger partial charge in [0.15, 0.2) is 0 Å². The Balaban J connectivity index is 1.27. The summed E-state index contributed by atoms with van der Waals surface area (Å²) in [5.41, 5.74) is 1.83. The number of carbonyl (C=O) groups is 4. The number of primary sulfonamides is 1. The number of carbonyl (C=O) groups excluding carboxylic acids is 4. The zero-order valence-corrected chi connectivity index (χ0v) is 26.6. The van der Waals surface area contributed by atoms with Crippen molar-refractivity contribution in [2.24, 2.45) is 5.14 Å². The second-order valence-electron chi connectivity index (χ2n) is 9.83. The van der Waals surface area contributed by atoms with Crippen molar-refractivity contribution in [3.8, 4) is 0 Å². The van der Waals surface area contributed by atoms with E-state index >= 15 is 0 Å². The Morgan fingerprint density at radius 3 is 2.24 bits per heavy atom. The van der Waals surface area contributed by atoms with Gasteiger partial charge in [-0.1, -0.05) is 46.3 Å². The molecule has 0 spiro atoms. The van der Waals surface area contributed by atoms with Crippen LogP contribution in [0.4, 0.5) is 11.4 Å². The lowest BCUT2D eigenvalue weighted by molar-refractivity contribution is -0.121. The number of imide groups is 1. The number of amides is 4. The van der Waals surface area contributed by atoms with Gasteiger partial charge in [0.05, 0.1) is 15.8 Å². The van der Waals surface area contributed by atoms with Crippen LogP contribution < -0.4 is 20.7 Å². The summed E-state index contributed by atoms with van der Waals surface area (Å²) >= 11 is 4.61. The molecule has 4 amide bonds. The third-order valence-electron chi connectivity index (χ3n) is 6.61. The van der Waals surface area contributed by atoms with Crippen molar-refractivity contribution >= 4 is 78.8 Å². The quantitative estimate of drug-likeness (QED) is 0.165. The Morgan fingerprint density at radius 2 is 1.60 bits per heavy atom. The number of nitrogens with two attached hydrogens (primary N) is 1. The highest BCUT2D eigenvalue weighted by Crippen LogP contribution is 2.34. The van der Waals surface area contributed by atoms with Crippen molar-refractivity contribution in [1.82, 2.24) is 5.32 Å². The smallest absolute Gasteiger partial charge is 0.272 e. The Bertz CT molecular complexity index is 1920. The van der Waals surface area contributed by atoms with Gasteiger partial charge in [-0.15, -0.1) is 11.8 Å². The van der Waals surface area contributed by atoms with Gasteiger partial charge in [0.25, 0.3) is 11.8 Å². The first-order chi connectivity index (χ1) is 21.5. The van der Waals surface area contributed by atoms with Crippen molar-refractivity contribution in [2.75, 3.05) is 10.2 Å². The molecule has 1 aliphatic rings. The normalized spacial score (nSPS) is 15.2. The third-order valence-corrected chi connectivity index (χ3v) is 9.23. The molecule has 1 unspecified atom stereocenters. The predicted molar refractivity (Wildman–Crippen MR) is 176 cm³/mol. The average Bonchev–Trinajstić information content (AvgIpc) is 3.29. The SMILES string of the molecule is NS(=O)(=O)c1ccc(N2C(=O)CC(Sc3ccc(NC(=O)/C(=C/c4cccc(Br)c4)NC(=O)c4ccccc4)cc3)C2=O)cc1. The number of rotatable bonds is 9. The maximum atomic E-state index is 13.3. The van der Waals surface area contributed by atoms with E-state index in [-0.39, 0.29) is 22.7 Å². The highest BCUT2D eigenvalue weighted by molar-refractivity contribution is 9.10. The average molecular weight is 706 g/mol. The molecule has 1 heterocycles. The lowest BCUT2D eigenvalue weighted by atomic mass is 10.1. The number of benzene rings is 4. The van der Waals surface area contributed by atoms with E-state index in [9.17, 15) is 27.6 Å². The van der Waals surface area contributed by atoms with Crippen LogP contribution in [-0.2, 0) is 24.4 Å². The van der Waals surface area contributed by atoms with Gasteiger partial charge >= 0.3 is 0 Å². The standard InChI is InChI=1S/C32H25BrN4O6S2/c33-22-8-4-5-20(17-22)18-27(36-30(39)21-6-2-1-3-7-21)31(40)35-23-9-13-25(14-10-23)44-28-19-29(38)37(32(28)41)24-11-15-26(16-12-24)45(34,42)43/h1-18,28H,19H2,(H,35,40)(H,36,39)(H2,34,42,43)/b27-18-. The van der Waals surface area contributed by atoms with E-state index < -0.39 is 38.9 Å². The van der Waals surface area contributed by atoms with E-state index in [1.165, 1.54) is 36.0 Å². The monoisotopic (exact) mass is 704 g/mol. The Morgan fingerprint density at radius 1 is 0.911 bits per heavy atom. The van der Waals surface area contributed by atoms with Gasteiger partial charge in [0.1, 0.15) is 5.70 Å². The number of halogens is 1. The molecule has 1 atom stereocenters. The minimum atomic E-state index is -3.91. The molecule has 5 rings (SSSR count). The molecule has 0 aromatic heterocycles. The predicted octanol–water partition coefficient (Wildman–Crippen LogP) is 4.93. The van der Waals surface area contributed by atoms with E-state index in [1.54, 1.807) is 66.7 Å². The fourth-order valence-corrected chi connectivity index (χ4v) is 6.42. The molecule has 1 aliphatic heterocycles. The number of hydrogen-bond acceptors (Lipinski definition) is 7. The Labute approximate surface area is 271 Å². The molecule has 1 fully saturated rings. The fraction of sp³-hybridized carbons (Fsp3) is 0.0625. The van der Waals surface area contributed by atoms with Crippen molar-refractivity contribution in [3.05, 3.63) is 124 Å². The molecular weight excluding hydrogens is 680 g/mol. The first-order valence-electron chi connectivity index (χ1n) is 13.4. The summed E-state index contributed by atoms with van der Waals surface area (Å²) in [5, 5.41) is 9.93. The number of hydrogen-bond donors (Lipinski definition) is 3. The summed E-state index contributed by atoms with van der Waals surface area (Å²) in [7, 11) is -3.91. The lowest BCUT2D eigenvalue weighted by Crippen LogP contribution is -2.31. The second-order valence-corrected chi connectivity index (χ2v) is 13.6. The van der Waals surface area contributed by atoms with Crippen LogP contribution in [0.15, 0.2) is 123 Å². The Hall–Kier alpha value is -4.56. The van der Waals surface area contributed by atoms with Crippen LogP contribution in [0.25, 0.3) is 6.08 Å². The molecule has 45 heavy (non-hydrogen) atoms. The second kappa shape index (κ2) is 13.6. The number of nitrogens with one attached hydrogen (secondary N) is 2. The lowest BCUT2D eigenvalue weighted by Gasteiger charge is -2.15. The van der Waals surface area contributed by atoms with Crippen LogP contribution in [0.3, 0.4) is 0 Å². The first-order valence-corrected chi connectivity index (χ1v) is 16.6. The van der Waals surface area contributed by atoms with Gasteiger partial charge in [-0.3, -0.25) is 19.2 Å². The van der Waals surface area contributed by atoms with Crippen molar-refractivity contribution in [1.29, 1.82) is 0 Å². The van der Waals surface area contributed by atoms with Gasteiger partial charge in [-0.25, -0.2) is 18.5 Å². The van der Waals surface area contributed by atoms with Gasteiger partial charge in [-0.2, -0.15) is 0 Å². The van der Waals surface area contributed by atoms with E-state index in [4.69, 9.17) is 5.14 Å². The fourth-order valence-electron chi connectivity index (χ4n) is 4.44. The van der Waals surface area contributed by atoms with Crippen LogP contribution in [-0.4, -0.2) is 37.3 Å². The van der Waals surface area contributed by atoms with Gasteiger partial charge in [0.2, 0.25) is 21.8 Å². The number of anilines is 2. The number of nitrogens with zero attached hydrogens (tertiary/aromatic N) is 1. The van der Waals surface area contributed by atoms with Crippen LogP contribution in [0, 0.1) is 0 Å². The van der Waals surface area contributed by atoms with Crippen molar-refractivity contribution < 1.29 is 27.6 Å². The molecule has 10 nitrogen and oxygen atoms in total.